The predicted octanol–water partition coefficient (Wildman–Crippen LogP) is 0.846. The van der Waals surface area contributed by atoms with E-state index in [1.807, 2.05) is 12.1 Å². The monoisotopic (exact) mass is 306 g/mol. The summed E-state index contributed by atoms with van der Waals surface area (Å²) in [5.74, 6) is -1.20. The Bertz CT molecular complexity index is 633. The zero-order chi connectivity index (χ0) is 15.1. The van der Waals surface area contributed by atoms with Crippen LogP contribution in [0.25, 0.3) is 0 Å². The number of carboxylic acid groups (broad SMARTS) is 1. The lowest BCUT2D eigenvalue weighted by molar-refractivity contribution is -0.141. The summed E-state index contributed by atoms with van der Waals surface area (Å²) in [6, 6.07) is 5.72. The van der Waals surface area contributed by atoms with Gasteiger partial charge >= 0.3 is 5.97 Å². The Morgan fingerprint density at radius 3 is 2.86 bits per heavy atom. The number of carbonyl (C=O) groups is 3. The van der Waals surface area contributed by atoms with E-state index in [-0.39, 0.29) is 11.3 Å². The van der Waals surface area contributed by atoms with Crippen molar-refractivity contribution in [2.45, 2.75) is 24.4 Å². The van der Waals surface area contributed by atoms with Crippen molar-refractivity contribution >= 4 is 29.5 Å². The zero-order valence-electron chi connectivity index (χ0n) is 11.3. The molecule has 2 amide bonds. The summed E-state index contributed by atoms with van der Waals surface area (Å²) in [6.07, 6.45) is 0. The van der Waals surface area contributed by atoms with Crippen molar-refractivity contribution in [2.75, 3.05) is 5.75 Å². The highest BCUT2D eigenvalue weighted by Gasteiger charge is 2.48. The molecule has 1 saturated heterocycles. The smallest absolute Gasteiger partial charge is 0.325 e. The third kappa shape index (κ3) is 2.17. The minimum Gasteiger partial charge on any atom is -0.480 e. The van der Waals surface area contributed by atoms with Gasteiger partial charge in [-0.2, -0.15) is 0 Å². The quantitative estimate of drug-likeness (QED) is 0.864. The second kappa shape index (κ2) is 5.07. The average molecular weight is 306 g/mol. The van der Waals surface area contributed by atoms with Gasteiger partial charge in [0.25, 0.3) is 5.91 Å². The van der Waals surface area contributed by atoms with Gasteiger partial charge in [-0.1, -0.05) is 18.2 Å². The highest BCUT2D eigenvalue weighted by Crippen LogP contribution is 2.47. The largest absolute Gasteiger partial charge is 0.480 e. The lowest BCUT2D eigenvalue weighted by atomic mass is 10.1. The summed E-state index contributed by atoms with van der Waals surface area (Å²) < 4.78 is 0. The maximum absolute atomic E-state index is 12.4. The number of thioether (sulfide) groups is 1. The number of hydrogen-bond acceptors (Lipinski definition) is 4. The van der Waals surface area contributed by atoms with Gasteiger partial charge in [0.15, 0.2) is 0 Å². The molecular formula is C14H14N2O4S. The van der Waals surface area contributed by atoms with E-state index in [1.54, 1.807) is 17.0 Å². The first-order valence-corrected chi connectivity index (χ1v) is 7.62. The van der Waals surface area contributed by atoms with Crippen molar-refractivity contribution in [3.63, 3.8) is 0 Å². The number of amides is 2. The molecule has 0 radical (unpaired) electrons. The summed E-state index contributed by atoms with van der Waals surface area (Å²) in [7, 11) is 0. The summed E-state index contributed by atoms with van der Waals surface area (Å²) in [5, 5.41) is 11.1. The molecule has 1 aromatic carbocycles. The number of rotatable bonds is 3. The van der Waals surface area contributed by atoms with Gasteiger partial charge in [0.1, 0.15) is 17.5 Å². The molecule has 110 valence electrons. The molecule has 1 aromatic rings. The molecule has 0 aliphatic carbocycles. The van der Waals surface area contributed by atoms with Crippen molar-refractivity contribution in [1.82, 2.24) is 10.2 Å². The second-order valence-corrected chi connectivity index (χ2v) is 6.18. The van der Waals surface area contributed by atoms with Gasteiger partial charge in [-0.25, -0.2) is 0 Å². The Hall–Kier alpha value is -2.02. The first-order chi connectivity index (χ1) is 10.0. The van der Waals surface area contributed by atoms with Crippen LogP contribution < -0.4 is 5.32 Å². The van der Waals surface area contributed by atoms with Crippen LogP contribution in [0.2, 0.25) is 0 Å². The molecule has 7 heteroatoms. The molecule has 2 aliphatic heterocycles. The minimum atomic E-state index is -1.10. The van der Waals surface area contributed by atoms with Crippen LogP contribution in [0.5, 0.6) is 0 Å². The fourth-order valence-corrected chi connectivity index (χ4v) is 4.08. The first-order valence-electron chi connectivity index (χ1n) is 6.57. The van der Waals surface area contributed by atoms with E-state index in [0.717, 1.165) is 5.56 Å². The van der Waals surface area contributed by atoms with Crippen LogP contribution in [0.15, 0.2) is 24.3 Å². The number of aliphatic carboxylic acids is 1. The first kappa shape index (κ1) is 13.9. The molecule has 0 aromatic heterocycles. The summed E-state index contributed by atoms with van der Waals surface area (Å²) >= 11 is 1.53. The summed E-state index contributed by atoms with van der Waals surface area (Å²) in [5.41, 5.74) is 1.55. The number of nitrogens with one attached hydrogen (secondary N) is 1. The van der Waals surface area contributed by atoms with E-state index in [1.165, 1.54) is 18.7 Å². The Balaban J connectivity index is 1.82. The fourth-order valence-electron chi connectivity index (χ4n) is 2.61. The lowest BCUT2D eigenvalue weighted by Gasteiger charge is -2.23. The van der Waals surface area contributed by atoms with Gasteiger partial charge in [-0.15, -0.1) is 11.8 Å². The van der Waals surface area contributed by atoms with Crippen molar-refractivity contribution in [2.24, 2.45) is 0 Å². The number of hydrogen-bond donors (Lipinski definition) is 2. The Morgan fingerprint density at radius 2 is 2.14 bits per heavy atom. The van der Waals surface area contributed by atoms with Crippen molar-refractivity contribution in [1.29, 1.82) is 0 Å². The molecule has 1 fully saturated rings. The molecule has 2 N–H and O–H groups in total. The van der Waals surface area contributed by atoms with E-state index in [4.69, 9.17) is 5.11 Å². The Kier molecular flexibility index (Phi) is 3.36. The van der Waals surface area contributed by atoms with Crippen molar-refractivity contribution in [3.05, 3.63) is 35.4 Å². The molecule has 21 heavy (non-hydrogen) atoms. The third-order valence-corrected chi connectivity index (χ3v) is 5.03. The van der Waals surface area contributed by atoms with Gasteiger partial charge < -0.3 is 15.3 Å². The predicted molar refractivity (Wildman–Crippen MR) is 76.8 cm³/mol. The van der Waals surface area contributed by atoms with Crippen molar-refractivity contribution in [3.8, 4) is 0 Å². The van der Waals surface area contributed by atoms with Crippen LogP contribution in [0.3, 0.4) is 0 Å². The second-order valence-electron chi connectivity index (χ2n) is 5.07. The Labute approximate surface area is 125 Å². The average Bonchev–Trinajstić information content (AvgIpc) is 3.00. The van der Waals surface area contributed by atoms with Gasteiger partial charge in [0, 0.05) is 11.3 Å². The maximum Gasteiger partial charge on any atom is 0.325 e. The third-order valence-electron chi connectivity index (χ3n) is 3.72. The zero-order valence-corrected chi connectivity index (χ0v) is 12.1. The molecule has 3 atom stereocenters. The van der Waals surface area contributed by atoms with Gasteiger partial charge in [-0.3, -0.25) is 14.4 Å². The molecular weight excluding hydrogens is 292 g/mol. The molecule has 0 saturated carbocycles. The van der Waals surface area contributed by atoms with E-state index in [2.05, 4.69) is 5.32 Å². The topological polar surface area (TPSA) is 86.7 Å². The van der Waals surface area contributed by atoms with Crippen LogP contribution >= 0.6 is 11.8 Å². The van der Waals surface area contributed by atoms with E-state index in [9.17, 15) is 14.4 Å². The van der Waals surface area contributed by atoms with Gasteiger partial charge in [0.2, 0.25) is 5.91 Å². The van der Waals surface area contributed by atoms with E-state index in [0.29, 0.717) is 11.3 Å². The summed E-state index contributed by atoms with van der Waals surface area (Å²) in [4.78, 5) is 37.0. The molecule has 2 heterocycles. The normalized spacial score (nSPS) is 24.4. The standard InChI is InChI=1S/C14H14N2O4S/c1-7(14(19)20)15-11(17)10-6-21-13-9-5-3-2-4-8(9)12(18)16(10)13/h2-5,7,10,13H,6H2,1H3,(H,15,17)(H,19,20)/t7-,10+,13?/m1/s1. The van der Waals surface area contributed by atoms with Gasteiger partial charge in [0.05, 0.1) is 0 Å². The molecule has 3 rings (SSSR count). The molecule has 1 unspecified atom stereocenters. The number of fused-ring (bicyclic) bond motifs is 3. The van der Waals surface area contributed by atoms with Crippen LogP contribution in [-0.4, -0.2) is 45.6 Å². The van der Waals surface area contributed by atoms with E-state index >= 15 is 0 Å². The minimum absolute atomic E-state index is 0.149. The summed E-state index contributed by atoms with van der Waals surface area (Å²) in [6.45, 7) is 1.40. The van der Waals surface area contributed by atoms with Gasteiger partial charge in [-0.05, 0) is 18.6 Å². The lowest BCUT2D eigenvalue weighted by Crippen LogP contribution is -2.50. The van der Waals surface area contributed by atoms with Crippen molar-refractivity contribution < 1.29 is 19.5 Å². The van der Waals surface area contributed by atoms with Crippen LogP contribution in [0, 0.1) is 0 Å². The molecule has 0 bridgehead atoms. The molecule has 0 spiro atoms. The van der Waals surface area contributed by atoms with Crippen LogP contribution in [-0.2, 0) is 9.59 Å². The molecule has 2 aliphatic rings. The van der Waals surface area contributed by atoms with Crippen LogP contribution in [0.1, 0.15) is 28.2 Å². The number of nitrogens with zero attached hydrogens (tertiary/aromatic N) is 1. The number of carbonyl (C=O) groups excluding carboxylic acids is 2. The van der Waals surface area contributed by atoms with E-state index < -0.39 is 24.0 Å². The fraction of sp³-hybridized carbons (Fsp3) is 0.357. The highest BCUT2D eigenvalue weighted by molar-refractivity contribution is 7.99. The number of benzene rings is 1. The number of carboxylic acids is 1. The highest BCUT2D eigenvalue weighted by atomic mass is 32.2. The Morgan fingerprint density at radius 1 is 1.43 bits per heavy atom. The SMILES string of the molecule is C[C@@H](NC(=O)[C@@H]1CSC2c3ccccc3C(=O)N21)C(=O)O. The maximum atomic E-state index is 12.4. The molecule has 6 nitrogen and oxygen atoms in total. The van der Waals surface area contributed by atoms with Crippen LogP contribution in [0.4, 0.5) is 0 Å².